The number of hydrogen-bond acceptors (Lipinski definition) is 7. The van der Waals surface area contributed by atoms with E-state index in [1.54, 1.807) is 45.2 Å². The highest BCUT2D eigenvalue weighted by Crippen LogP contribution is 2.47. The summed E-state index contributed by atoms with van der Waals surface area (Å²) in [5.74, 6) is -0.623. The Kier molecular flexibility index (Phi) is 10.1. The molecule has 1 aliphatic heterocycles. The predicted molar refractivity (Wildman–Crippen MR) is 193 cm³/mol. The monoisotopic (exact) mass is 706 g/mol. The molecule has 52 heavy (non-hydrogen) atoms. The summed E-state index contributed by atoms with van der Waals surface area (Å²) in [6.07, 6.45) is 2.80. The van der Waals surface area contributed by atoms with Gasteiger partial charge in [0.15, 0.2) is 0 Å². The van der Waals surface area contributed by atoms with Crippen molar-refractivity contribution < 1.29 is 18.8 Å². The number of carbonyl (C=O) groups excluding carboxylic acids is 3. The largest absolute Gasteiger partial charge is 0.348 e. The molecule has 0 bridgehead atoms. The lowest BCUT2D eigenvalue weighted by Gasteiger charge is -2.37. The van der Waals surface area contributed by atoms with Gasteiger partial charge < -0.3 is 20.0 Å². The normalized spacial score (nSPS) is 16.6. The average Bonchev–Trinajstić information content (AvgIpc) is 3.75. The fraction of sp³-hybridized carbons (Fsp3) is 0.385. The molecule has 0 radical (unpaired) electrons. The van der Waals surface area contributed by atoms with Gasteiger partial charge in [0.05, 0.1) is 23.7 Å². The number of nitrogens with one attached hydrogen (secondary N) is 2. The molecule has 13 heteroatoms. The maximum Gasteiger partial charge on any atom is 0.348 e. The zero-order valence-electron chi connectivity index (χ0n) is 30.1. The van der Waals surface area contributed by atoms with Crippen LogP contribution < -0.4 is 11.0 Å². The van der Waals surface area contributed by atoms with Crippen molar-refractivity contribution in [2.45, 2.75) is 56.5 Å². The van der Waals surface area contributed by atoms with Gasteiger partial charge in [0.2, 0.25) is 5.91 Å². The van der Waals surface area contributed by atoms with Crippen LogP contribution in [0.4, 0.5) is 4.39 Å². The van der Waals surface area contributed by atoms with Crippen LogP contribution in [-0.2, 0) is 23.1 Å². The maximum atomic E-state index is 13.9. The van der Waals surface area contributed by atoms with Gasteiger partial charge in [-0.1, -0.05) is 12.1 Å². The number of H-pyrrole nitrogens is 1. The third-order valence-corrected chi connectivity index (χ3v) is 10.1. The number of benzene rings is 3. The van der Waals surface area contributed by atoms with E-state index in [9.17, 15) is 28.8 Å². The Morgan fingerprint density at radius 3 is 2.10 bits per heavy atom. The highest BCUT2D eigenvalue weighted by molar-refractivity contribution is 5.95. The van der Waals surface area contributed by atoms with Crippen molar-refractivity contribution in [3.8, 4) is 11.8 Å². The van der Waals surface area contributed by atoms with Gasteiger partial charge in [-0.05, 0) is 110 Å². The van der Waals surface area contributed by atoms with Gasteiger partial charge in [0.1, 0.15) is 17.7 Å². The molecule has 1 saturated heterocycles. The molecule has 1 aromatic heterocycles. The maximum absolute atomic E-state index is 13.9. The minimum atomic E-state index is -1.15. The first-order valence-corrected chi connectivity index (χ1v) is 17.4. The molecule has 1 aliphatic carbocycles. The van der Waals surface area contributed by atoms with Crippen molar-refractivity contribution in [3.63, 3.8) is 0 Å². The van der Waals surface area contributed by atoms with E-state index in [-0.39, 0.29) is 30.3 Å². The van der Waals surface area contributed by atoms with E-state index in [0.717, 1.165) is 28.7 Å². The van der Waals surface area contributed by atoms with E-state index in [1.165, 1.54) is 38.7 Å². The van der Waals surface area contributed by atoms with Crippen LogP contribution in [0.25, 0.3) is 5.69 Å². The number of likely N-dealkylation sites (tertiary alicyclic amines) is 1. The third-order valence-electron chi connectivity index (χ3n) is 10.1. The summed E-state index contributed by atoms with van der Waals surface area (Å²) < 4.78 is 15.1. The van der Waals surface area contributed by atoms with Crippen LogP contribution >= 0.6 is 0 Å². The fourth-order valence-corrected chi connectivity index (χ4v) is 7.57. The van der Waals surface area contributed by atoms with Gasteiger partial charge >= 0.3 is 5.69 Å². The summed E-state index contributed by atoms with van der Waals surface area (Å²) in [7, 11) is 6.78. The van der Waals surface area contributed by atoms with E-state index < -0.39 is 23.0 Å². The Bertz CT molecular complexity index is 2040. The lowest BCUT2D eigenvalue weighted by Crippen LogP contribution is -2.45. The smallest absolute Gasteiger partial charge is 0.345 e. The van der Waals surface area contributed by atoms with Crippen molar-refractivity contribution in [1.29, 1.82) is 5.26 Å². The van der Waals surface area contributed by atoms with Crippen molar-refractivity contribution in [2.24, 2.45) is 0 Å². The topological polar surface area (TPSA) is 147 Å². The standard InChI is InChI=1S/C39H43FN8O4/c1-24(42-23-34(49)47-18-6-7-31(47)22-41)21-39(37-43-38(52)48(44-37)30-14-12-29(40)13-15-30)32-16-10-27(35(50)45(2)3)19-25(32)8-9-26-20-28(11-17-33(26)39)36(51)46(4)5/h10-17,19-20,24,31,42H,6-9,18,21,23H2,1-5H3,(H,43,44,52)/t24-,31-/m0/s1. The Hall–Kier alpha value is -5.61. The lowest BCUT2D eigenvalue weighted by atomic mass is 9.67. The fourth-order valence-electron chi connectivity index (χ4n) is 7.57. The molecular formula is C39H43FN8O4. The van der Waals surface area contributed by atoms with Gasteiger partial charge in [0, 0.05) is 51.9 Å². The summed E-state index contributed by atoms with van der Waals surface area (Å²) in [4.78, 5) is 61.1. The summed E-state index contributed by atoms with van der Waals surface area (Å²) in [5.41, 5.74) is 3.08. The van der Waals surface area contributed by atoms with E-state index >= 15 is 0 Å². The van der Waals surface area contributed by atoms with E-state index in [2.05, 4.69) is 16.4 Å². The van der Waals surface area contributed by atoms with Crippen molar-refractivity contribution in [2.75, 3.05) is 41.3 Å². The summed E-state index contributed by atoms with van der Waals surface area (Å²) in [5, 5.41) is 17.8. The Morgan fingerprint density at radius 1 is 0.981 bits per heavy atom. The number of aromatic nitrogens is 3. The van der Waals surface area contributed by atoms with E-state index in [0.29, 0.717) is 54.9 Å². The molecule has 1 fully saturated rings. The summed E-state index contributed by atoms with van der Waals surface area (Å²) >= 11 is 0. The second-order valence-corrected chi connectivity index (χ2v) is 14.1. The first-order valence-electron chi connectivity index (χ1n) is 17.4. The number of carbonyl (C=O) groups is 3. The molecule has 3 aromatic carbocycles. The predicted octanol–water partition coefficient (Wildman–Crippen LogP) is 3.42. The van der Waals surface area contributed by atoms with Gasteiger partial charge in [-0.25, -0.2) is 9.18 Å². The molecule has 0 unspecified atom stereocenters. The molecule has 2 heterocycles. The number of aryl methyl sites for hydroxylation is 2. The Balaban J connectivity index is 1.54. The molecule has 0 spiro atoms. The SMILES string of the molecule is C[C@@H](CC1(c2nn(-c3ccc(F)cc3)c(=O)[nH]2)c2ccc(C(=O)N(C)C)cc2CCc2cc(C(=O)N(C)C)ccc21)NCC(=O)N1CCC[C@H]1C#N. The average molecular weight is 707 g/mol. The molecule has 0 saturated carbocycles. The van der Waals surface area contributed by atoms with Crippen molar-refractivity contribution >= 4 is 17.7 Å². The molecule has 4 aromatic rings. The molecule has 2 N–H and O–H groups in total. The number of fused-ring (bicyclic) bond motifs is 2. The zero-order chi connectivity index (χ0) is 37.3. The number of halogens is 1. The van der Waals surface area contributed by atoms with Crippen LogP contribution in [0.3, 0.4) is 0 Å². The molecule has 6 rings (SSSR count). The highest BCUT2D eigenvalue weighted by atomic mass is 19.1. The number of hydrogen-bond donors (Lipinski definition) is 2. The Morgan fingerprint density at radius 2 is 1.56 bits per heavy atom. The van der Waals surface area contributed by atoms with Crippen LogP contribution in [0, 0.1) is 17.1 Å². The second kappa shape index (κ2) is 14.6. The van der Waals surface area contributed by atoms with Crippen LogP contribution in [0.1, 0.15) is 75.0 Å². The number of aromatic amines is 1. The molecule has 12 nitrogen and oxygen atoms in total. The number of nitrogens with zero attached hydrogens (tertiary/aromatic N) is 6. The van der Waals surface area contributed by atoms with Crippen LogP contribution in [0.15, 0.2) is 65.5 Å². The van der Waals surface area contributed by atoms with Gasteiger partial charge in [0.25, 0.3) is 11.8 Å². The molecule has 2 aliphatic rings. The van der Waals surface area contributed by atoms with Gasteiger partial charge in [-0.15, -0.1) is 5.10 Å². The number of amides is 3. The minimum absolute atomic E-state index is 0.00221. The van der Waals surface area contributed by atoms with E-state index in [1.807, 2.05) is 31.2 Å². The highest BCUT2D eigenvalue weighted by Gasteiger charge is 2.46. The molecule has 3 amide bonds. The van der Waals surface area contributed by atoms with Crippen molar-refractivity contribution in [3.05, 3.63) is 116 Å². The zero-order valence-corrected chi connectivity index (χ0v) is 30.1. The Labute approximate surface area is 301 Å². The number of nitriles is 1. The van der Waals surface area contributed by atoms with Crippen LogP contribution in [0.2, 0.25) is 0 Å². The second-order valence-electron chi connectivity index (χ2n) is 14.1. The van der Waals surface area contributed by atoms with Gasteiger partial charge in [-0.3, -0.25) is 19.4 Å². The first-order chi connectivity index (χ1) is 24.8. The molecule has 270 valence electrons. The van der Waals surface area contributed by atoms with Gasteiger partial charge in [-0.2, -0.15) is 9.94 Å². The lowest BCUT2D eigenvalue weighted by molar-refractivity contribution is -0.130. The third kappa shape index (κ3) is 6.74. The molecule has 2 atom stereocenters. The first kappa shape index (κ1) is 36.2. The number of rotatable bonds is 9. The molecular weight excluding hydrogens is 663 g/mol. The van der Waals surface area contributed by atoms with Crippen LogP contribution in [0.5, 0.6) is 0 Å². The summed E-state index contributed by atoms with van der Waals surface area (Å²) in [6.45, 7) is 2.48. The van der Waals surface area contributed by atoms with Crippen LogP contribution in [-0.4, -0.2) is 101 Å². The quantitative estimate of drug-likeness (QED) is 0.271. The minimum Gasteiger partial charge on any atom is -0.345 e. The van der Waals surface area contributed by atoms with Crippen molar-refractivity contribution in [1.82, 2.24) is 34.8 Å². The van der Waals surface area contributed by atoms with E-state index in [4.69, 9.17) is 5.10 Å². The summed E-state index contributed by atoms with van der Waals surface area (Å²) in [6, 6.07) is 18.0.